The molecular formula is C15H22N2O2. The molecule has 0 saturated heterocycles. The number of nitrogens with one attached hydrogen (secondary N) is 1. The lowest BCUT2D eigenvalue weighted by Crippen LogP contribution is -2.35. The molecule has 1 aromatic carbocycles. The van der Waals surface area contributed by atoms with Crippen molar-refractivity contribution in [3.05, 3.63) is 48.0 Å². The van der Waals surface area contributed by atoms with Gasteiger partial charge in [-0.05, 0) is 12.5 Å². The van der Waals surface area contributed by atoms with Crippen LogP contribution in [0.15, 0.2) is 42.5 Å². The first-order valence-electron chi connectivity index (χ1n) is 6.40. The molecule has 4 nitrogen and oxygen atoms in total. The molecule has 0 fully saturated rings. The fraction of sp³-hybridized carbons (Fsp3) is 0.400. The lowest BCUT2D eigenvalue weighted by atomic mass is 9.98. The van der Waals surface area contributed by atoms with Gasteiger partial charge in [-0.1, -0.05) is 42.5 Å². The number of hydrogen-bond donors (Lipinski definition) is 2. The highest BCUT2D eigenvalue weighted by Crippen LogP contribution is 2.13. The van der Waals surface area contributed by atoms with Gasteiger partial charge in [0.2, 0.25) is 5.91 Å². The molecule has 0 radical (unpaired) electrons. The van der Waals surface area contributed by atoms with Gasteiger partial charge in [0.25, 0.3) is 0 Å². The molecule has 0 heterocycles. The van der Waals surface area contributed by atoms with Crippen LogP contribution in [0.2, 0.25) is 0 Å². The molecule has 1 amide bonds. The van der Waals surface area contributed by atoms with Gasteiger partial charge in [0.15, 0.2) is 0 Å². The third-order valence-electron chi connectivity index (χ3n) is 2.65. The van der Waals surface area contributed by atoms with Crippen molar-refractivity contribution in [1.29, 1.82) is 0 Å². The number of rotatable bonds is 8. The summed E-state index contributed by atoms with van der Waals surface area (Å²) in [6.07, 6.45) is 0. The van der Waals surface area contributed by atoms with Crippen LogP contribution < -0.4 is 11.1 Å². The van der Waals surface area contributed by atoms with Crippen LogP contribution in [-0.2, 0) is 9.53 Å². The monoisotopic (exact) mass is 262 g/mol. The quantitative estimate of drug-likeness (QED) is 0.550. The van der Waals surface area contributed by atoms with Crippen molar-refractivity contribution >= 4 is 5.91 Å². The number of hydrogen-bond acceptors (Lipinski definition) is 3. The maximum atomic E-state index is 12.0. The van der Waals surface area contributed by atoms with Gasteiger partial charge >= 0.3 is 0 Å². The summed E-state index contributed by atoms with van der Waals surface area (Å²) in [5.74, 6) is -0.366. The summed E-state index contributed by atoms with van der Waals surface area (Å²) in [5.41, 5.74) is 7.58. The van der Waals surface area contributed by atoms with Crippen LogP contribution >= 0.6 is 0 Å². The number of nitrogens with two attached hydrogens (primary N) is 1. The molecule has 3 N–H and O–H groups in total. The van der Waals surface area contributed by atoms with Crippen LogP contribution in [0.4, 0.5) is 0 Å². The van der Waals surface area contributed by atoms with E-state index in [2.05, 4.69) is 11.9 Å². The Bertz CT molecular complexity index is 404. The van der Waals surface area contributed by atoms with Gasteiger partial charge in [-0.25, -0.2) is 0 Å². The smallest absolute Gasteiger partial charge is 0.228 e. The Morgan fingerprint density at radius 3 is 2.68 bits per heavy atom. The number of carbonyl (C=O) groups is 1. The normalized spacial score (nSPS) is 11.9. The third kappa shape index (κ3) is 5.68. The molecule has 19 heavy (non-hydrogen) atoms. The summed E-state index contributed by atoms with van der Waals surface area (Å²) >= 11 is 0. The zero-order chi connectivity index (χ0) is 14.1. The van der Waals surface area contributed by atoms with Gasteiger partial charge in [0.1, 0.15) is 0 Å². The topological polar surface area (TPSA) is 64.3 Å². The predicted molar refractivity (Wildman–Crippen MR) is 76.9 cm³/mol. The summed E-state index contributed by atoms with van der Waals surface area (Å²) in [4.78, 5) is 12.0. The molecular weight excluding hydrogens is 240 g/mol. The summed E-state index contributed by atoms with van der Waals surface area (Å²) in [6.45, 7) is 7.42. The third-order valence-corrected chi connectivity index (χ3v) is 2.65. The molecule has 0 bridgehead atoms. The van der Waals surface area contributed by atoms with Crippen molar-refractivity contribution in [1.82, 2.24) is 5.32 Å². The molecule has 0 saturated carbocycles. The second-order valence-corrected chi connectivity index (χ2v) is 4.50. The van der Waals surface area contributed by atoms with E-state index in [0.29, 0.717) is 26.3 Å². The molecule has 104 valence electrons. The molecule has 1 aromatic rings. The van der Waals surface area contributed by atoms with E-state index in [1.165, 1.54) is 0 Å². The van der Waals surface area contributed by atoms with Crippen LogP contribution in [0.3, 0.4) is 0 Å². The van der Waals surface area contributed by atoms with Crippen molar-refractivity contribution < 1.29 is 9.53 Å². The minimum Gasteiger partial charge on any atom is -0.375 e. The van der Waals surface area contributed by atoms with E-state index in [1.807, 2.05) is 37.3 Å². The standard InChI is InChI=1S/C15H22N2O2/c1-12(2)11-19-9-8-17-15(18)14(10-16)13-6-4-3-5-7-13/h3-7,14H,1,8-11,16H2,2H3,(H,17,18). The predicted octanol–water partition coefficient (Wildman–Crippen LogP) is 1.44. The SMILES string of the molecule is C=C(C)COCCNC(=O)C(CN)c1ccccc1. The Balaban J connectivity index is 2.37. The summed E-state index contributed by atoms with van der Waals surface area (Å²) < 4.78 is 5.32. The molecule has 0 spiro atoms. The Morgan fingerprint density at radius 2 is 2.11 bits per heavy atom. The minimum atomic E-state index is -0.303. The van der Waals surface area contributed by atoms with Gasteiger partial charge in [0.05, 0.1) is 19.1 Å². The Hall–Kier alpha value is -1.65. The van der Waals surface area contributed by atoms with Crippen molar-refractivity contribution in [3.63, 3.8) is 0 Å². The summed E-state index contributed by atoms with van der Waals surface area (Å²) in [6, 6.07) is 9.55. The Kier molecular flexibility index (Phi) is 6.85. The first-order valence-corrected chi connectivity index (χ1v) is 6.40. The van der Waals surface area contributed by atoms with Gasteiger partial charge in [0, 0.05) is 13.1 Å². The summed E-state index contributed by atoms with van der Waals surface area (Å²) in [7, 11) is 0. The molecule has 0 aliphatic heterocycles. The van der Waals surface area contributed by atoms with Crippen LogP contribution in [0.1, 0.15) is 18.4 Å². The fourth-order valence-electron chi connectivity index (χ4n) is 1.70. The number of carbonyl (C=O) groups excluding carboxylic acids is 1. The van der Waals surface area contributed by atoms with Gasteiger partial charge in [-0.2, -0.15) is 0 Å². The van der Waals surface area contributed by atoms with E-state index < -0.39 is 0 Å². The molecule has 0 aliphatic carbocycles. The second kappa shape index (κ2) is 8.45. The molecule has 1 rings (SSSR count). The van der Waals surface area contributed by atoms with Crippen molar-refractivity contribution in [2.75, 3.05) is 26.3 Å². The highest BCUT2D eigenvalue weighted by atomic mass is 16.5. The zero-order valence-corrected chi connectivity index (χ0v) is 11.4. The van der Waals surface area contributed by atoms with E-state index in [9.17, 15) is 4.79 Å². The van der Waals surface area contributed by atoms with E-state index in [0.717, 1.165) is 11.1 Å². The second-order valence-electron chi connectivity index (χ2n) is 4.50. The Labute approximate surface area is 114 Å². The van der Waals surface area contributed by atoms with E-state index >= 15 is 0 Å². The highest BCUT2D eigenvalue weighted by molar-refractivity contribution is 5.83. The van der Waals surface area contributed by atoms with Gasteiger partial charge in [-0.15, -0.1) is 0 Å². The van der Waals surface area contributed by atoms with E-state index in [4.69, 9.17) is 10.5 Å². The van der Waals surface area contributed by atoms with Crippen LogP contribution in [-0.4, -0.2) is 32.2 Å². The molecule has 0 aliphatic rings. The maximum Gasteiger partial charge on any atom is 0.228 e. The first kappa shape index (κ1) is 15.4. The largest absolute Gasteiger partial charge is 0.375 e. The number of benzene rings is 1. The molecule has 4 heteroatoms. The van der Waals surface area contributed by atoms with Crippen LogP contribution in [0.5, 0.6) is 0 Å². The lowest BCUT2D eigenvalue weighted by Gasteiger charge is -2.15. The van der Waals surface area contributed by atoms with Crippen molar-refractivity contribution in [2.45, 2.75) is 12.8 Å². The average Bonchev–Trinajstić information content (AvgIpc) is 2.40. The summed E-state index contributed by atoms with van der Waals surface area (Å²) in [5, 5.41) is 2.83. The average molecular weight is 262 g/mol. The van der Waals surface area contributed by atoms with Gasteiger partial charge < -0.3 is 15.8 Å². The fourth-order valence-corrected chi connectivity index (χ4v) is 1.70. The minimum absolute atomic E-state index is 0.0624. The van der Waals surface area contributed by atoms with E-state index in [-0.39, 0.29) is 11.8 Å². The molecule has 1 unspecified atom stereocenters. The van der Waals surface area contributed by atoms with E-state index in [1.54, 1.807) is 0 Å². The zero-order valence-electron chi connectivity index (χ0n) is 11.4. The highest BCUT2D eigenvalue weighted by Gasteiger charge is 2.17. The van der Waals surface area contributed by atoms with Crippen molar-refractivity contribution in [3.8, 4) is 0 Å². The lowest BCUT2D eigenvalue weighted by molar-refractivity contribution is -0.122. The molecule has 0 aromatic heterocycles. The van der Waals surface area contributed by atoms with Crippen LogP contribution in [0.25, 0.3) is 0 Å². The van der Waals surface area contributed by atoms with Crippen LogP contribution in [0, 0.1) is 0 Å². The number of amides is 1. The molecule has 1 atom stereocenters. The van der Waals surface area contributed by atoms with Gasteiger partial charge in [-0.3, -0.25) is 4.79 Å². The van der Waals surface area contributed by atoms with Crippen molar-refractivity contribution in [2.24, 2.45) is 5.73 Å². The first-order chi connectivity index (χ1) is 9.15. The number of ether oxygens (including phenoxy) is 1. The Morgan fingerprint density at radius 1 is 1.42 bits per heavy atom. The maximum absolute atomic E-state index is 12.0.